The maximum Gasteiger partial charge on any atom is 0.348 e. The third-order valence-corrected chi connectivity index (χ3v) is 3.54. The van der Waals surface area contributed by atoms with Gasteiger partial charge in [-0.3, -0.25) is 4.57 Å². The fourth-order valence-electron chi connectivity index (χ4n) is 1.39. The minimum Gasteiger partial charge on any atom is -0.354 e. The van der Waals surface area contributed by atoms with E-state index in [1.165, 1.54) is 18.8 Å². The van der Waals surface area contributed by atoms with Crippen molar-refractivity contribution in [2.45, 2.75) is 26.7 Å². The number of hydrogen-bond donors (Lipinski definition) is 0. The molecule has 0 N–H and O–H groups in total. The molecular weight excluding hydrogens is 276 g/mol. The van der Waals surface area contributed by atoms with Crippen LogP contribution in [0.2, 0.25) is 0 Å². The van der Waals surface area contributed by atoms with Crippen LogP contribution in [-0.4, -0.2) is 30.1 Å². The lowest BCUT2D eigenvalue weighted by Gasteiger charge is -2.17. The maximum absolute atomic E-state index is 11.7. The van der Waals surface area contributed by atoms with Crippen molar-refractivity contribution in [3.8, 4) is 0 Å². The zero-order valence-corrected chi connectivity index (χ0v) is 11.4. The first-order valence-corrected chi connectivity index (χ1v) is 5.59. The number of aryl methyl sites for hydroxylation is 1. The van der Waals surface area contributed by atoms with E-state index in [0.29, 0.717) is 12.2 Å². The minimum absolute atomic E-state index is 0.294. The Morgan fingerprint density at radius 1 is 1.38 bits per heavy atom. The fraction of sp³-hybridized carbons (Fsp3) is 0.600. The van der Waals surface area contributed by atoms with E-state index < -0.39 is 6.29 Å². The molecule has 1 aromatic rings. The van der Waals surface area contributed by atoms with E-state index in [2.05, 4.69) is 20.9 Å². The van der Waals surface area contributed by atoms with E-state index in [9.17, 15) is 4.79 Å². The molecule has 0 saturated heterocycles. The summed E-state index contributed by atoms with van der Waals surface area (Å²) in [6.45, 7) is 3.96. The molecule has 0 aliphatic carbocycles. The van der Waals surface area contributed by atoms with Crippen LogP contribution in [0.3, 0.4) is 0 Å². The summed E-state index contributed by atoms with van der Waals surface area (Å²) >= 11 is 3.39. The molecule has 0 aliphatic rings. The Bertz CT molecular complexity index is 427. The van der Waals surface area contributed by atoms with Gasteiger partial charge in [-0.15, -0.1) is 0 Å². The summed E-state index contributed by atoms with van der Waals surface area (Å²) in [6.07, 6.45) is -0.451. The van der Waals surface area contributed by atoms with Crippen molar-refractivity contribution in [2.24, 2.45) is 0 Å². The highest BCUT2D eigenvalue weighted by Crippen LogP contribution is 2.17. The average Bonchev–Trinajstić information content (AvgIpc) is 2.27. The summed E-state index contributed by atoms with van der Waals surface area (Å²) in [4.78, 5) is 15.6. The molecular formula is C10H15BrN2O3. The normalized spacial score (nSPS) is 11.1. The van der Waals surface area contributed by atoms with Crippen molar-refractivity contribution >= 4 is 15.9 Å². The molecule has 0 amide bonds. The first-order chi connectivity index (χ1) is 7.51. The summed E-state index contributed by atoms with van der Waals surface area (Å²) in [7, 11) is 3.07. The Balaban J connectivity index is 3.14. The standard InChI is InChI=1S/C10H15BrN2O3/c1-6-9(11)7(2)13(10(14)12-6)5-8(15-3)16-4/h8H,5H2,1-4H3. The number of rotatable bonds is 4. The zero-order chi connectivity index (χ0) is 12.3. The van der Waals surface area contributed by atoms with Gasteiger partial charge in [0.1, 0.15) is 0 Å². The molecule has 5 nitrogen and oxygen atoms in total. The van der Waals surface area contributed by atoms with E-state index in [0.717, 1.165) is 10.2 Å². The summed E-state index contributed by atoms with van der Waals surface area (Å²) < 4.78 is 12.5. The molecule has 6 heteroatoms. The zero-order valence-electron chi connectivity index (χ0n) is 9.78. The molecule has 1 aromatic heterocycles. The van der Waals surface area contributed by atoms with Crippen LogP contribution < -0.4 is 5.69 Å². The average molecular weight is 291 g/mol. The molecule has 0 aromatic carbocycles. The SMILES string of the molecule is COC(Cn1c(C)c(Br)c(C)nc1=O)OC. The second-order valence-corrected chi connectivity index (χ2v) is 4.18. The van der Waals surface area contributed by atoms with Crippen molar-refractivity contribution in [1.29, 1.82) is 0 Å². The fourth-order valence-corrected chi connectivity index (χ4v) is 1.69. The summed E-state index contributed by atoms with van der Waals surface area (Å²) in [5.74, 6) is 0. The number of hydrogen-bond acceptors (Lipinski definition) is 4. The molecule has 0 aliphatic heterocycles. The molecule has 1 rings (SSSR count). The Hall–Kier alpha value is -0.720. The van der Waals surface area contributed by atoms with Gasteiger partial charge in [0.15, 0.2) is 6.29 Å². The van der Waals surface area contributed by atoms with Crippen LogP contribution in [0.4, 0.5) is 0 Å². The predicted molar refractivity (Wildman–Crippen MR) is 63.5 cm³/mol. The summed E-state index contributed by atoms with van der Waals surface area (Å²) in [5.41, 5.74) is 1.21. The number of aromatic nitrogens is 2. The van der Waals surface area contributed by atoms with Gasteiger partial charge in [0, 0.05) is 19.9 Å². The maximum atomic E-state index is 11.7. The highest BCUT2D eigenvalue weighted by Gasteiger charge is 2.13. The van der Waals surface area contributed by atoms with E-state index in [-0.39, 0.29) is 5.69 Å². The lowest BCUT2D eigenvalue weighted by atomic mass is 10.3. The number of nitrogens with zero attached hydrogens (tertiary/aromatic N) is 2. The molecule has 0 atom stereocenters. The van der Waals surface area contributed by atoms with E-state index in [1.54, 1.807) is 6.92 Å². The number of halogens is 1. The molecule has 90 valence electrons. The van der Waals surface area contributed by atoms with Crippen LogP contribution >= 0.6 is 15.9 Å². The van der Waals surface area contributed by atoms with Gasteiger partial charge in [0.05, 0.1) is 16.7 Å². The van der Waals surface area contributed by atoms with Gasteiger partial charge in [-0.1, -0.05) is 0 Å². The Morgan fingerprint density at radius 2 is 1.94 bits per heavy atom. The van der Waals surface area contributed by atoms with Crippen LogP contribution in [0.1, 0.15) is 11.4 Å². The van der Waals surface area contributed by atoms with Gasteiger partial charge in [-0.25, -0.2) is 4.79 Å². The van der Waals surface area contributed by atoms with Crippen molar-refractivity contribution in [3.63, 3.8) is 0 Å². The van der Waals surface area contributed by atoms with Crippen LogP contribution in [0.15, 0.2) is 9.27 Å². The van der Waals surface area contributed by atoms with Crippen LogP contribution in [0.25, 0.3) is 0 Å². The summed E-state index contributed by atoms with van der Waals surface area (Å²) in [6, 6.07) is 0. The van der Waals surface area contributed by atoms with Gasteiger partial charge in [-0.05, 0) is 29.8 Å². The summed E-state index contributed by atoms with van der Waals surface area (Å²) in [5, 5.41) is 0. The van der Waals surface area contributed by atoms with Gasteiger partial charge in [-0.2, -0.15) is 4.98 Å². The van der Waals surface area contributed by atoms with Gasteiger partial charge in [0.25, 0.3) is 0 Å². The minimum atomic E-state index is -0.451. The van der Waals surface area contributed by atoms with Crippen LogP contribution in [0, 0.1) is 13.8 Å². The third kappa shape index (κ3) is 2.69. The third-order valence-electron chi connectivity index (χ3n) is 2.39. The Labute approximate surface area is 103 Å². The molecule has 16 heavy (non-hydrogen) atoms. The quantitative estimate of drug-likeness (QED) is 0.783. The van der Waals surface area contributed by atoms with E-state index >= 15 is 0 Å². The number of ether oxygens (including phenoxy) is 2. The first-order valence-electron chi connectivity index (χ1n) is 4.80. The highest BCUT2D eigenvalue weighted by atomic mass is 79.9. The van der Waals surface area contributed by atoms with E-state index in [1.807, 2.05) is 6.92 Å². The van der Waals surface area contributed by atoms with Crippen LogP contribution in [0.5, 0.6) is 0 Å². The highest BCUT2D eigenvalue weighted by molar-refractivity contribution is 9.10. The molecule has 0 saturated carbocycles. The largest absolute Gasteiger partial charge is 0.354 e. The predicted octanol–water partition coefficient (Wildman–Crippen LogP) is 1.24. The van der Waals surface area contributed by atoms with Gasteiger partial charge >= 0.3 is 5.69 Å². The second kappa shape index (κ2) is 5.56. The number of methoxy groups -OCH3 is 2. The van der Waals surface area contributed by atoms with Crippen molar-refractivity contribution < 1.29 is 9.47 Å². The van der Waals surface area contributed by atoms with Crippen molar-refractivity contribution in [2.75, 3.05) is 14.2 Å². The first kappa shape index (κ1) is 13.3. The lowest BCUT2D eigenvalue weighted by molar-refractivity contribution is -0.111. The topological polar surface area (TPSA) is 53.4 Å². The molecule has 0 fully saturated rings. The van der Waals surface area contributed by atoms with Gasteiger partial charge in [0.2, 0.25) is 0 Å². The molecule has 0 radical (unpaired) electrons. The smallest absolute Gasteiger partial charge is 0.348 e. The van der Waals surface area contributed by atoms with Crippen molar-refractivity contribution in [1.82, 2.24) is 9.55 Å². The lowest BCUT2D eigenvalue weighted by Crippen LogP contribution is -2.32. The molecule has 0 spiro atoms. The van der Waals surface area contributed by atoms with Gasteiger partial charge < -0.3 is 9.47 Å². The van der Waals surface area contributed by atoms with E-state index in [4.69, 9.17) is 9.47 Å². The van der Waals surface area contributed by atoms with Crippen LogP contribution in [-0.2, 0) is 16.0 Å². The Morgan fingerprint density at radius 3 is 2.44 bits per heavy atom. The molecule has 0 unspecified atom stereocenters. The second-order valence-electron chi connectivity index (χ2n) is 3.39. The molecule has 1 heterocycles. The molecule has 0 bridgehead atoms. The Kier molecular flexibility index (Phi) is 4.64. The van der Waals surface area contributed by atoms with Crippen molar-refractivity contribution in [3.05, 3.63) is 26.3 Å². The monoisotopic (exact) mass is 290 g/mol.